The zero-order chi connectivity index (χ0) is 10.8. The van der Waals surface area contributed by atoms with Crippen LogP contribution in [0.5, 0.6) is 11.5 Å². The molecule has 1 unspecified atom stereocenters. The van der Waals surface area contributed by atoms with Crippen molar-refractivity contribution in [2.75, 3.05) is 6.79 Å². The lowest BCUT2D eigenvalue weighted by atomic mass is 10.0. The number of carboxylic acids is 1. The number of ether oxygens (including phenoxy) is 2. The van der Waals surface area contributed by atoms with Crippen molar-refractivity contribution >= 4 is 5.97 Å². The zero-order valence-corrected chi connectivity index (χ0v) is 7.97. The molecule has 2 rings (SSSR count). The number of hydrogen-bond acceptors (Lipinski definition) is 4. The number of rotatable bonds is 3. The average Bonchev–Trinajstić information content (AvgIpc) is 2.17. The van der Waals surface area contributed by atoms with Crippen molar-refractivity contribution < 1.29 is 19.4 Å². The molecule has 5 heteroatoms. The van der Waals surface area contributed by atoms with Gasteiger partial charge in [0.05, 0.1) is 6.42 Å². The summed E-state index contributed by atoms with van der Waals surface area (Å²) in [4.78, 5) is 10.5. The summed E-state index contributed by atoms with van der Waals surface area (Å²) >= 11 is 0. The molecular formula is C10H11NO4. The van der Waals surface area contributed by atoms with Crippen LogP contribution in [0.15, 0.2) is 18.2 Å². The lowest BCUT2D eigenvalue weighted by Gasteiger charge is -2.21. The van der Waals surface area contributed by atoms with Gasteiger partial charge in [-0.1, -0.05) is 6.07 Å². The van der Waals surface area contributed by atoms with Gasteiger partial charge < -0.3 is 20.3 Å². The van der Waals surface area contributed by atoms with E-state index in [9.17, 15) is 4.79 Å². The molecule has 0 fully saturated rings. The second kappa shape index (κ2) is 3.78. The highest BCUT2D eigenvalue weighted by Crippen LogP contribution is 2.32. The summed E-state index contributed by atoms with van der Waals surface area (Å²) in [6.45, 7) is 0.148. The molecule has 80 valence electrons. The molecular weight excluding hydrogens is 198 g/mol. The van der Waals surface area contributed by atoms with Gasteiger partial charge in [-0.3, -0.25) is 4.79 Å². The fourth-order valence-electron chi connectivity index (χ4n) is 1.49. The van der Waals surface area contributed by atoms with Crippen LogP contribution in [-0.4, -0.2) is 17.9 Å². The van der Waals surface area contributed by atoms with Gasteiger partial charge in [0.15, 0.2) is 0 Å². The number of carbonyl (C=O) groups is 1. The number of carboxylic acid groups (broad SMARTS) is 1. The molecule has 0 aliphatic carbocycles. The maximum absolute atomic E-state index is 10.5. The van der Waals surface area contributed by atoms with Crippen molar-refractivity contribution in [2.24, 2.45) is 5.73 Å². The van der Waals surface area contributed by atoms with Crippen LogP contribution in [0.2, 0.25) is 0 Å². The van der Waals surface area contributed by atoms with E-state index in [-0.39, 0.29) is 13.2 Å². The summed E-state index contributed by atoms with van der Waals surface area (Å²) in [6.07, 6.45) is -0.115. The molecule has 0 radical (unpaired) electrons. The Bertz CT molecular complexity index is 391. The summed E-state index contributed by atoms with van der Waals surface area (Å²) in [5.41, 5.74) is 6.44. The van der Waals surface area contributed by atoms with Gasteiger partial charge in [-0.25, -0.2) is 0 Å². The molecule has 1 aromatic carbocycles. The van der Waals surface area contributed by atoms with Crippen LogP contribution >= 0.6 is 0 Å². The first-order valence-corrected chi connectivity index (χ1v) is 4.54. The molecule has 0 aromatic heterocycles. The summed E-state index contributed by atoms with van der Waals surface area (Å²) < 4.78 is 10.3. The van der Waals surface area contributed by atoms with E-state index in [1.165, 1.54) is 0 Å². The monoisotopic (exact) mass is 209 g/mol. The van der Waals surface area contributed by atoms with Crippen LogP contribution in [0.3, 0.4) is 0 Å². The number of benzene rings is 1. The maximum Gasteiger partial charge on any atom is 0.305 e. The summed E-state index contributed by atoms with van der Waals surface area (Å²) in [7, 11) is 0. The topological polar surface area (TPSA) is 81.8 Å². The molecule has 15 heavy (non-hydrogen) atoms. The number of aliphatic carboxylic acids is 1. The van der Waals surface area contributed by atoms with Crippen molar-refractivity contribution in [3.63, 3.8) is 0 Å². The second-order valence-electron chi connectivity index (χ2n) is 3.31. The molecule has 1 aliphatic rings. The first-order valence-electron chi connectivity index (χ1n) is 4.54. The van der Waals surface area contributed by atoms with E-state index >= 15 is 0 Å². The van der Waals surface area contributed by atoms with Crippen LogP contribution < -0.4 is 15.2 Å². The van der Waals surface area contributed by atoms with Crippen molar-refractivity contribution in [3.05, 3.63) is 23.8 Å². The van der Waals surface area contributed by atoms with E-state index in [0.29, 0.717) is 17.1 Å². The smallest absolute Gasteiger partial charge is 0.305 e. The molecule has 5 nitrogen and oxygen atoms in total. The molecule has 2 bridgehead atoms. The Morgan fingerprint density at radius 1 is 1.53 bits per heavy atom. The Hall–Kier alpha value is -1.75. The summed E-state index contributed by atoms with van der Waals surface area (Å²) in [6, 6.07) is 4.64. The van der Waals surface area contributed by atoms with Gasteiger partial charge in [0.2, 0.25) is 6.79 Å². The fourth-order valence-corrected chi connectivity index (χ4v) is 1.49. The third-order valence-electron chi connectivity index (χ3n) is 2.22. The summed E-state index contributed by atoms with van der Waals surface area (Å²) in [5, 5.41) is 8.63. The SMILES string of the molecule is NC(CC(=O)O)c1ccc2cc1OCO2. The van der Waals surface area contributed by atoms with Crippen LogP contribution in [-0.2, 0) is 4.79 Å². The number of nitrogens with two attached hydrogens (primary N) is 1. The van der Waals surface area contributed by atoms with E-state index in [0.717, 1.165) is 0 Å². The van der Waals surface area contributed by atoms with Crippen molar-refractivity contribution in [3.8, 4) is 11.5 Å². The molecule has 0 amide bonds. The van der Waals surface area contributed by atoms with Gasteiger partial charge >= 0.3 is 5.97 Å². The molecule has 1 atom stereocenters. The van der Waals surface area contributed by atoms with E-state index in [1.54, 1.807) is 18.2 Å². The average molecular weight is 209 g/mol. The van der Waals surface area contributed by atoms with Gasteiger partial charge in [-0.2, -0.15) is 0 Å². The van der Waals surface area contributed by atoms with Crippen LogP contribution in [0.4, 0.5) is 0 Å². The third kappa shape index (κ3) is 2.02. The Morgan fingerprint density at radius 2 is 2.33 bits per heavy atom. The largest absolute Gasteiger partial charge is 0.481 e. The molecule has 1 aromatic rings. The van der Waals surface area contributed by atoms with Gasteiger partial charge in [0.1, 0.15) is 11.5 Å². The first kappa shape index (κ1) is 9.79. The van der Waals surface area contributed by atoms with Crippen molar-refractivity contribution in [1.29, 1.82) is 0 Å². The minimum Gasteiger partial charge on any atom is -0.481 e. The lowest BCUT2D eigenvalue weighted by molar-refractivity contribution is -0.137. The molecule has 3 N–H and O–H groups in total. The van der Waals surface area contributed by atoms with Crippen LogP contribution in [0, 0.1) is 0 Å². The minimum absolute atomic E-state index is 0.115. The molecule has 1 heterocycles. The van der Waals surface area contributed by atoms with E-state index in [2.05, 4.69) is 0 Å². The highest BCUT2D eigenvalue weighted by atomic mass is 16.7. The predicted molar refractivity (Wildman–Crippen MR) is 51.7 cm³/mol. The standard InChI is InChI=1S/C10H11NO4/c11-8(4-10(12)13)7-2-1-6-3-9(7)15-5-14-6/h1-3,8H,4-5,11H2,(H,12,13). The fraction of sp³-hybridized carbons (Fsp3) is 0.300. The molecule has 1 aliphatic heterocycles. The minimum atomic E-state index is -0.925. The Labute approximate surface area is 86.4 Å². The third-order valence-corrected chi connectivity index (χ3v) is 2.22. The second-order valence-corrected chi connectivity index (χ2v) is 3.31. The lowest BCUT2D eigenvalue weighted by Crippen LogP contribution is -2.19. The number of fused-ring (bicyclic) bond motifs is 2. The van der Waals surface area contributed by atoms with Gasteiger partial charge in [-0.15, -0.1) is 0 Å². The van der Waals surface area contributed by atoms with Crippen molar-refractivity contribution in [1.82, 2.24) is 0 Å². The van der Waals surface area contributed by atoms with Gasteiger partial charge in [0.25, 0.3) is 0 Å². The Morgan fingerprint density at radius 3 is 3.07 bits per heavy atom. The molecule has 0 saturated heterocycles. The van der Waals surface area contributed by atoms with Crippen LogP contribution in [0.1, 0.15) is 18.0 Å². The van der Waals surface area contributed by atoms with E-state index in [4.69, 9.17) is 20.3 Å². The predicted octanol–water partition coefficient (Wildman–Crippen LogP) is 0.890. The Balaban J connectivity index is 2.25. The highest BCUT2D eigenvalue weighted by molar-refractivity contribution is 5.68. The molecule has 0 saturated carbocycles. The van der Waals surface area contributed by atoms with Crippen molar-refractivity contribution in [2.45, 2.75) is 12.5 Å². The molecule has 0 spiro atoms. The highest BCUT2D eigenvalue weighted by Gasteiger charge is 2.18. The quantitative estimate of drug-likeness (QED) is 0.772. The zero-order valence-electron chi connectivity index (χ0n) is 7.97. The Kier molecular flexibility index (Phi) is 2.47. The number of hydrogen-bond donors (Lipinski definition) is 2. The maximum atomic E-state index is 10.5. The van der Waals surface area contributed by atoms with E-state index < -0.39 is 12.0 Å². The first-order chi connectivity index (χ1) is 7.16. The summed E-state index contributed by atoms with van der Waals surface area (Å²) in [5.74, 6) is 0.390. The van der Waals surface area contributed by atoms with Crippen LogP contribution in [0.25, 0.3) is 0 Å². The van der Waals surface area contributed by atoms with Gasteiger partial charge in [-0.05, 0) is 6.07 Å². The normalized spacial score (nSPS) is 15.0. The van der Waals surface area contributed by atoms with Gasteiger partial charge in [0, 0.05) is 17.7 Å². The van der Waals surface area contributed by atoms with E-state index in [1.807, 2.05) is 0 Å².